The Kier molecular flexibility index (Phi) is 6.13. The third-order valence-corrected chi connectivity index (χ3v) is 8.40. The van der Waals surface area contributed by atoms with Crippen LogP contribution < -0.4 is 4.90 Å². The molecule has 0 saturated carbocycles. The molecule has 3 aromatic carbocycles. The van der Waals surface area contributed by atoms with Gasteiger partial charge >= 0.3 is 0 Å². The number of aryl methyl sites for hydroxylation is 2. The maximum Gasteiger partial charge on any atom is 0.261 e. The average molecular weight is 465 g/mol. The molecule has 0 unspecified atom stereocenters. The summed E-state index contributed by atoms with van der Waals surface area (Å²) in [6.07, 6.45) is 0. The van der Waals surface area contributed by atoms with Crippen molar-refractivity contribution in [2.75, 3.05) is 10.7 Å². The number of amides is 1. The molecule has 0 saturated heterocycles. The van der Waals surface area contributed by atoms with Crippen LogP contribution in [0.2, 0.25) is 0 Å². The Labute approximate surface area is 192 Å². The van der Waals surface area contributed by atoms with Crippen LogP contribution in [0.5, 0.6) is 0 Å². The molecule has 1 amide bonds. The summed E-state index contributed by atoms with van der Waals surface area (Å²) in [5, 5.41) is 0.547. The van der Waals surface area contributed by atoms with E-state index in [1.54, 1.807) is 30.0 Å². The van der Waals surface area contributed by atoms with E-state index in [0.29, 0.717) is 5.13 Å². The smallest absolute Gasteiger partial charge is 0.261 e. The number of carbonyl (C=O) groups excluding carboxylic acids is 1. The van der Waals surface area contributed by atoms with Crippen molar-refractivity contribution in [1.29, 1.82) is 0 Å². The van der Waals surface area contributed by atoms with Gasteiger partial charge in [0.2, 0.25) is 0 Å². The summed E-state index contributed by atoms with van der Waals surface area (Å²) in [7, 11) is -3.56. The van der Waals surface area contributed by atoms with E-state index in [-0.39, 0.29) is 28.7 Å². The highest BCUT2D eigenvalue weighted by molar-refractivity contribution is 7.91. The highest BCUT2D eigenvalue weighted by Gasteiger charge is 2.27. The minimum Gasteiger partial charge on any atom is -0.279 e. The summed E-state index contributed by atoms with van der Waals surface area (Å²) < 4.78 is 26.4. The Bertz CT molecular complexity index is 1390. The van der Waals surface area contributed by atoms with Crippen molar-refractivity contribution < 1.29 is 13.2 Å². The maximum absolute atomic E-state index is 13.8. The number of hydrogen-bond donors (Lipinski definition) is 0. The van der Waals surface area contributed by atoms with Crippen molar-refractivity contribution in [1.82, 2.24) is 4.98 Å². The van der Waals surface area contributed by atoms with E-state index in [2.05, 4.69) is 0 Å². The van der Waals surface area contributed by atoms with Gasteiger partial charge in [-0.25, -0.2) is 13.4 Å². The minimum absolute atomic E-state index is 0.0543. The summed E-state index contributed by atoms with van der Waals surface area (Å²) in [6.45, 7) is 5.93. The normalized spacial score (nSPS) is 11.6. The molecule has 0 aliphatic rings. The van der Waals surface area contributed by atoms with Gasteiger partial charge in [0, 0.05) is 0 Å². The van der Waals surface area contributed by atoms with Gasteiger partial charge in [-0.05, 0) is 48.7 Å². The second-order valence-corrected chi connectivity index (χ2v) is 10.9. The van der Waals surface area contributed by atoms with E-state index in [1.807, 2.05) is 56.3 Å². The van der Waals surface area contributed by atoms with Crippen LogP contribution in [0.1, 0.15) is 34.0 Å². The topological polar surface area (TPSA) is 67.3 Å². The van der Waals surface area contributed by atoms with E-state index < -0.39 is 9.84 Å². The van der Waals surface area contributed by atoms with Crippen LogP contribution in [0.25, 0.3) is 10.2 Å². The summed E-state index contributed by atoms with van der Waals surface area (Å²) in [5.74, 6) is -0.454. The van der Waals surface area contributed by atoms with Crippen LogP contribution in [0.3, 0.4) is 0 Å². The zero-order chi connectivity index (χ0) is 22.9. The fourth-order valence-electron chi connectivity index (χ4n) is 3.54. The van der Waals surface area contributed by atoms with Crippen LogP contribution in [0.15, 0.2) is 71.6 Å². The van der Waals surface area contributed by atoms with E-state index in [4.69, 9.17) is 4.98 Å². The van der Waals surface area contributed by atoms with Gasteiger partial charge in [-0.15, -0.1) is 0 Å². The third-order valence-electron chi connectivity index (χ3n) is 5.57. The van der Waals surface area contributed by atoms with Gasteiger partial charge in [0.05, 0.1) is 33.0 Å². The molecule has 164 valence electrons. The van der Waals surface area contributed by atoms with Crippen molar-refractivity contribution in [2.45, 2.75) is 32.2 Å². The molecule has 4 aromatic rings. The van der Waals surface area contributed by atoms with Gasteiger partial charge in [-0.2, -0.15) is 0 Å². The number of aromatic nitrogens is 1. The summed E-state index contributed by atoms with van der Waals surface area (Å²) in [6, 6.07) is 20.1. The predicted molar refractivity (Wildman–Crippen MR) is 130 cm³/mol. The number of rotatable bonds is 6. The molecule has 1 aromatic heterocycles. The van der Waals surface area contributed by atoms with Gasteiger partial charge in [0.25, 0.3) is 5.91 Å². The van der Waals surface area contributed by atoms with Gasteiger partial charge in [-0.3, -0.25) is 9.69 Å². The first-order valence-electron chi connectivity index (χ1n) is 10.4. The van der Waals surface area contributed by atoms with E-state index in [1.165, 1.54) is 17.4 Å². The summed E-state index contributed by atoms with van der Waals surface area (Å²) in [5.41, 5.74) is 4.17. The third kappa shape index (κ3) is 4.18. The second-order valence-electron chi connectivity index (χ2n) is 7.63. The quantitative estimate of drug-likeness (QED) is 0.375. The highest BCUT2D eigenvalue weighted by Crippen LogP contribution is 2.34. The molecule has 32 heavy (non-hydrogen) atoms. The number of thiazole rings is 1. The van der Waals surface area contributed by atoms with Gasteiger partial charge in [-0.1, -0.05) is 66.8 Å². The average Bonchev–Trinajstić information content (AvgIpc) is 3.25. The SMILES string of the molecule is CCS(=O)(=O)c1ccccc1C(=O)N(Cc1ccccc1)c1nc2c(C)c(C)ccc2s1. The molecular weight excluding hydrogens is 440 g/mol. The van der Waals surface area contributed by atoms with Crippen molar-refractivity contribution in [3.63, 3.8) is 0 Å². The van der Waals surface area contributed by atoms with Crippen LogP contribution >= 0.6 is 11.3 Å². The molecular formula is C25H24N2O3S2. The predicted octanol–water partition coefficient (Wildman–Crippen LogP) is 5.55. The van der Waals surface area contributed by atoms with Crippen LogP contribution in [-0.4, -0.2) is 25.1 Å². The fourth-order valence-corrected chi connectivity index (χ4v) is 5.65. The first-order chi connectivity index (χ1) is 15.3. The van der Waals surface area contributed by atoms with Crippen molar-refractivity contribution in [3.8, 4) is 0 Å². The molecule has 0 atom stereocenters. The second kappa shape index (κ2) is 8.84. The summed E-state index contributed by atoms with van der Waals surface area (Å²) in [4.78, 5) is 20.2. The number of anilines is 1. The Balaban J connectivity index is 1.86. The lowest BCUT2D eigenvalue weighted by atomic mass is 10.1. The molecule has 7 heteroatoms. The Morgan fingerprint density at radius 2 is 1.66 bits per heavy atom. The largest absolute Gasteiger partial charge is 0.279 e. The highest BCUT2D eigenvalue weighted by atomic mass is 32.2. The molecule has 0 radical (unpaired) electrons. The van der Waals surface area contributed by atoms with Crippen molar-refractivity contribution >= 4 is 42.4 Å². The summed E-state index contributed by atoms with van der Waals surface area (Å²) >= 11 is 1.43. The Hall–Kier alpha value is -3.03. The van der Waals surface area contributed by atoms with Crippen LogP contribution in [-0.2, 0) is 16.4 Å². The van der Waals surface area contributed by atoms with Gasteiger partial charge in [0.15, 0.2) is 15.0 Å². The number of carbonyl (C=O) groups is 1. The monoisotopic (exact) mass is 464 g/mol. The lowest BCUT2D eigenvalue weighted by molar-refractivity contribution is 0.0982. The van der Waals surface area contributed by atoms with E-state index in [9.17, 15) is 13.2 Å². The Morgan fingerprint density at radius 1 is 0.969 bits per heavy atom. The number of benzene rings is 3. The first-order valence-corrected chi connectivity index (χ1v) is 12.8. The molecule has 0 bridgehead atoms. The number of fused-ring (bicyclic) bond motifs is 1. The minimum atomic E-state index is -3.56. The Morgan fingerprint density at radius 3 is 2.38 bits per heavy atom. The lowest BCUT2D eigenvalue weighted by Crippen LogP contribution is -2.31. The molecule has 0 spiro atoms. The molecule has 0 fully saturated rings. The number of hydrogen-bond acceptors (Lipinski definition) is 5. The molecule has 0 aliphatic heterocycles. The lowest BCUT2D eigenvalue weighted by Gasteiger charge is -2.21. The fraction of sp³-hybridized carbons (Fsp3) is 0.200. The molecule has 1 heterocycles. The van der Waals surface area contributed by atoms with Crippen molar-refractivity contribution in [2.24, 2.45) is 0 Å². The van der Waals surface area contributed by atoms with Gasteiger partial charge < -0.3 is 0 Å². The van der Waals surface area contributed by atoms with E-state index >= 15 is 0 Å². The number of sulfone groups is 1. The standard InChI is InChI=1S/C25H24N2O3S2/c1-4-32(29,30)22-13-9-8-12-20(22)24(28)27(16-19-10-6-5-7-11-19)25-26-23-18(3)17(2)14-15-21(23)31-25/h5-15H,4,16H2,1-3H3. The first kappa shape index (κ1) is 22.2. The van der Waals surface area contributed by atoms with Gasteiger partial charge in [0.1, 0.15) is 0 Å². The molecule has 4 rings (SSSR count). The molecule has 0 aliphatic carbocycles. The molecule has 0 N–H and O–H groups in total. The number of nitrogens with zero attached hydrogens (tertiary/aromatic N) is 2. The van der Waals surface area contributed by atoms with Crippen LogP contribution in [0.4, 0.5) is 5.13 Å². The zero-order valence-electron chi connectivity index (χ0n) is 18.2. The van der Waals surface area contributed by atoms with Crippen molar-refractivity contribution in [3.05, 3.63) is 89.0 Å². The van der Waals surface area contributed by atoms with Crippen LogP contribution in [0, 0.1) is 13.8 Å². The van der Waals surface area contributed by atoms with E-state index in [0.717, 1.165) is 26.9 Å². The maximum atomic E-state index is 13.8. The molecule has 5 nitrogen and oxygen atoms in total. The zero-order valence-corrected chi connectivity index (χ0v) is 19.8.